The Morgan fingerprint density at radius 2 is 1.84 bits per heavy atom. The molecular formula is C25H33NO5. The Morgan fingerprint density at radius 1 is 1.06 bits per heavy atom. The van der Waals surface area contributed by atoms with E-state index >= 15 is 0 Å². The van der Waals surface area contributed by atoms with Crippen LogP contribution in [0.2, 0.25) is 0 Å². The van der Waals surface area contributed by atoms with Crippen LogP contribution in [0.5, 0.6) is 17.2 Å². The molecule has 0 radical (unpaired) electrons. The van der Waals surface area contributed by atoms with Gasteiger partial charge in [-0.3, -0.25) is 4.98 Å². The predicted octanol–water partition coefficient (Wildman–Crippen LogP) is 5.17. The maximum absolute atomic E-state index is 12.7. The number of carbonyl (C=O) groups is 1. The zero-order valence-electron chi connectivity index (χ0n) is 19.2. The Kier molecular flexibility index (Phi) is 9.88. The van der Waals surface area contributed by atoms with Crippen molar-refractivity contribution >= 4 is 12.0 Å². The van der Waals surface area contributed by atoms with E-state index < -0.39 is 0 Å². The Morgan fingerprint density at radius 3 is 2.45 bits per heavy atom. The van der Waals surface area contributed by atoms with Crippen molar-refractivity contribution in [3.05, 3.63) is 52.9 Å². The summed E-state index contributed by atoms with van der Waals surface area (Å²) < 4.78 is 22.0. The van der Waals surface area contributed by atoms with Gasteiger partial charge in [0, 0.05) is 18.0 Å². The Balaban J connectivity index is 2.23. The standard InChI is InChI=1S/C25H33NO5/c1-6-31-25(27)20(13-9-7-8-11-19-12-10-14-26-17-19)16-21-23(29-4)18(2)15-22(28-3)24(21)30-5/h10,12,14-17H,6-9,11,13H2,1-5H3/b20-16+. The molecule has 2 aromatic rings. The number of ether oxygens (including phenoxy) is 4. The van der Waals surface area contributed by atoms with E-state index in [1.807, 2.05) is 31.3 Å². The lowest BCUT2D eigenvalue weighted by atomic mass is 10.00. The van der Waals surface area contributed by atoms with Gasteiger partial charge in [0.05, 0.1) is 33.5 Å². The average Bonchev–Trinajstić information content (AvgIpc) is 2.78. The smallest absolute Gasteiger partial charge is 0.334 e. The molecule has 0 fully saturated rings. The number of rotatable bonds is 12. The molecule has 1 aromatic carbocycles. The lowest BCUT2D eigenvalue weighted by Crippen LogP contribution is -2.08. The molecule has 0 unspecified atom stereocenters. The van der Waals surface area contributed by atoms with E-state index in [0.717, 1.165) is 31.2 Å². The van der Waals surface area contributed by atoms with Gasteiger partial charge < -0.3 is 18.9 Å². The number of hydrogen-bond donors (Lipinski definition) is 0. The molecule has 1 aromatic heterocycles. The summed E-state index contributed by atoms with van der Waals surface area (Å²) in [7, 11) is 4.77. The molecule has 31 heavy (non-hydrogen) atoms. The van der Waals surface area contributed by atoms with Gasteiger partial charge >= 0.3 is 5.97 Å². The molecule has 6 nitrogen and oxygen atoms in total. The van der Waals surface area contributed by atoms with Crippen molar-refractivity contribution in [2.24, 2.45) is 0 Å². The minimum atomic E-state index is -0.320. The van der Waals surface area contributed by atoms with Gasteiger partial charge in [-0.05, 0) is 68.9 Å². The van der Waals surface area contributed by atoms with Gasteiger partial charge in [0.15, 0.2) is 11.5 Å². The van der Waals surface area contributed by atoms with Gasteiger partial charge in [-0.15, -0.1) is 0 Å². The first-order valence-electron chi connectivity index (χ1n) is 10.6. The highest BCUT2D eigenvalue weighted by Gasteiger charge is 2.20. The van der Waals surface area contributed by atoms with Gasteiger partial charge in [0.2, 0.25) is 0 Å². The number of aromatic nitrogens is 1. The average molecular weight is 428 g/mol. The summed E-state index contributed by atoms with van der Waals surface area (Å²) in [6.07, 6.45) is 9.97. The highest BCUT2D eigenvalue weighted by atomic mass is 16.5. The second kappa shape index (κ2) is 12.6. The van der Waals surface area contributed by atoms with E-state index in [-0.39, 0.29) is 5.97 Å². The first-order valence-corrected chi connectivity index (χ1v) is 10.6. The minimum Gasteiger partial charge on any atom is -0.496 e. The van der Waals surface area contributed by atoms with Crippen LogP contribution in [-0.4, -0.2) is 38.9 Å². The molecule has 0 N–H and O–H groups in total. The molecule has 0 aliphatic carbocycles. The van der Waals surface area contributed by atoms with E-state index in [0.29, 0.717) is 41.4 Å². The van der Waals surface area contributed by atoms with Crippen molar-refractivity contribution in [2.45, 2.75) is 46.0 Å². The maximum Gasteiger partial charge on any atom is 0.334 e. The number of carbonyl (C=O) groups excluding carboxylic acids is 1. The normalized spacial score (nSPS) is 11.2. The lowest BCUT2D eigenvalue weighted by Gasteiger charge is -2.17. The summed E-state index contributed by atoms with van der Waals surface area (Å²) in [6.45, 7) is 4.06. The summed E-state index contributed by atoms with van der Waals surface area (Å²) in [4.78, 5) is 16.8. The Bertz CT molecular complexity index is 877. The van der Waals surface area contributed by atoms with Gasteiger partial charge in [-0.2, -0.15) is 0 Å². The second-order valence-corrected chi connectivity index (χ2v) is 7.19. The number of pyridine rings is 1. The first kappa shape index (κ1) is 24.3. The number of aryl methyl sites for hydroxylation is 2. The largest absolute Gasteiger partial charge is 0.496 e. The highest BCUT2D eigenvalue weighted by Crippen LogP contribution is 2.41. The fourth-order valence-corrected chi connectivity index (χ4v) is 3.54. The van der Waals surface area contributed by atoms with Gasteiger partial charge in [0.25, 0.3) is 0 Å². The third-order valence-corrected chi connectivity index (χ3v) is 5.04. The first-order chi connectivity index (χ1) is 15.0. The summed E-state index contributed by atoms with van der Waals surface area (Å²) in [5.41, 5.74) is 3.39. The van der Waals surface area contributed by atoms with E-state index in [2.05, 4.69) is 11.1 Å². The molecule has 6 heteroatoms. The SMILES string of the molecule is CCOC(=O)/C(=C/c1c(OC)c(C)cc(OC)c1OC)CCCCCc1cccnc1. The molecular weight excluding hydrogens is 394 g/mol. The van der Waals surface area contributed by atoms with Crippen LogP contribution in [0.1, 0.15) is 49.3 Å². The van der Waals surface area contributed by atoms with Gasteiger partial charge in [0.1, 0.15) is 5.75 Å². The fraction of sp³-hybridized carbons (Fsp3) is 0.440. The molecule has 0 saturated heterocycles. The third-order valence-electron chi connectivity index (χ3n) is 5.04. The van der Waals surface area contributed by atoms with Crippen molar-refractivity contribution in [3.8, 4) is 17.2 Å². The van der Waals surface area contributed by atoms with Crippen LogP contribution in [0.4, 0.5) is 0 Å². The third kappa shape index (κ3) is 6.74. The molecule has 168 valence electrons. The molecule has 0 spiro atoms. The number of methoxy groups -OCH3 is 3. The quantitative estimate of drug-likeness (QED) is 0.265. The van der Waals surface area contributed by atoms with Crippen LogP contribution in [-0.2, 0) is 16.0 Å². The van der Waals surface area contributed by atoms with E-state index in [9.17, 15) is 4.79 Å². The van der Waals surface area contributed by atoms with E-state index in [4.69, 9.17) is 18.9 Å². The van der Waals surface area contributed by atoms with Crippen molar-refractivity contribution in [1.82, 2.24) is 4.98 Å². The predicted molar refractivity (Wildman–Crippen MR) is 122 cm³/mol. The fourth-order valence-electron chi connectivity index (χ4n) is 3.54. The summed E-state index contributed by atoms with van der Waals surface area (Å²) >= 11 is 0. The zero-order chi connectivity index (χ0) is 22.6. The van der Waals surface area contributed by atoms with E-state index in [1.165, 1.54) is 5.56 Å². The van der Waals surface area contributed by atoms with Crippen molar-refractivity contribution in [1.29, 1.82) is 0 Å². The van der Waals surface area contributed by atoms with Gasteiger partial charge in [-0.25, -0.2) is 4.79 Å². The van der Waals surface area contributed by atoms with Crippen LogP contribution in [0.15, 0.2) is 36.2 Å². The second-order valence-electron chi connectivity index (χ2n) is 7.19. The summed E-state index contributed by atoms with van der Waals surface area (Å²) in [5, 5.41) is 0. The molecule has 1 heterocycles. The maximum atomic E-state index is 12.7. The Labute approximate surface area is 185 Å². The molecule has 0 amide bonds. The number of nitrogens with zero attached hydrogens (tertiary/aromatic N) is 1. The van der Waals surface area contributed by atoms with E-state index in [1.54, 1.807) is 34.4 Å². The molecule has 0 aliphatic rings. The van der Waals surface area contributed by atoms with Crippen LogP contribution < -0.4 is 14.2 Å². The Hall–Kier alpha value is -3.02. The van der Waals surface area contributed by atoms with Crippen LogP contribution >= 0.6 is 0 Å². The van der Waals surface area contributed by atoms with Gasteiger partial charge in [-0.1, -0.05) is 12.5 Å². The monoisotopic (exact) mass is 427 g/mol. The van der Waals surface area contributed by atoms with Crippen molar-refractivity contribution in [3.63, 3.8) is 0 Å². The molecule has 0 atom stereocenters. The van der Waals surface area contributed by atoms with Crippen molar-refractivity contribution in [2.75, 3.05) is 27.9 Å². The molecule has 2 rings (SSSR count). The molecule has 0 aliphatic heterocycles. The summed E-state index contributed by atoms with van der Waals surface area (Å²) in [5.74, 6) is 1.45. The summed E-state index contributed by atoms with van der Waals surface area (Å²) in [6, 6.07) is 5.89. The van der Waals surface area contributed by atoms with Crippen molar-refractivity contribution < 1.29 is 23.7 Å². The minimum absolute atomic E-state index is 0.320. The van der Waals surface area contributed by atoms with Crippen LogP contribution in [0.25, 0.3) is 6.08 Å². The lowest BCUT2D eigenvalue weighted by molar-refractivity contribution is -0.138. The number of hydrogen-bond acceptors (Lipinski definition) is 6. The van der Waals surface area contributed by atoms with Crippen LogP contribution in [0.3, 0.4) is 0 Å². The number of esters is 1. The molecule has 0 saturated carbocycles. The highest BCUT2D eigenvalue weighted by molar-refractivity contribution is 5.95. The zero-order valence-corrected chi connectivity index (χ0v) is 19.2. The topological polar surface area (TPSA) is 66.9 Å². The molecule has 0 bridgehead atoms. The number of benzene rings is 1. The number of unbranched alkanes of at least 4 members (excludes halogenated alkanes) is 2. The van der Waals surface area contributed by atoms with Crippen LogP contribution in [0, 0.1) is 6.92 Å².